The van der Waals surface area contributed by atoms with Gasteiger partial charge in [0.25, 0.3) is 0 Å². The van der Waals surface area contributed by atoms with Gasteiger partial charge in [-0.3, -0.25) is 4.79 Å². The molecule has 4 nitrogen and oxygen atoms in total. The molecule has 0 unspecified atom stereocenters. The predicted molar refractivity (Wildman–Crippen MR) is 50.1 cm³/mol. The summed E-state index contributed by atoms with van der Waals surface area (Å²) in [5, 5.41) is 2.61. The zero-order chi connectivity index (χ0) is 10.1. The minimum Gasteiger partial charge on any atom is -0.354 e. The van der Waals surface area contributed by atoms with Crippen molar-refractivity contribution < 1.29 is 13.2 Å². The minimum atomic E-state index is -3.25. The smallest absolute Gasteiger partial charge is 0.241 e. The monoisotopic (exact) mass is 205 g/mol. The number of rotatable bonds is 2. The van der Waals surface area contributed by atoms with E-state index in [0.717, 1.165) is 0 Å². The summed E-state index contributed by atoms with van der Waals surface area (Å²) in [6.07, 6.45) is 0.718. The molecule has 0 spiro atoms. The number of carbonyl (C=O) groups excluding carboxylic acids is 1. The normalized spacial score (nSPS) is 25.2. The highest BCUT2D eigenvalue weighted by Crippen LogP contribution is 2.29. The Morgan fingerprint density at radius 1 is 1.38 bits per heavy atom. The van der Waals surface area contributed by atoms with E-state index >= 15 is 0 Å². The molecule has 1 aliphatic rings. The average Bonchev–Trinajstić information content (AvgIpc) is 2.05. The molecule has 1 rings (SSSR count). The summed E-state index contributed by atoms with van der Waals surface area (Å²) < 4.78 is 22.3. The van der Waals surface area contributed by atoms with Crippen LogP contribution in [-0.2, 0) is 14.6 Å². The van der Waals surface area contributed by atoms with Crippen molar-refractivity contribution in [2.45, 2.75) is 31.4 Å². The van der Waals surface area contributed by atoms with Crippen LogP contribution in [0.25, 0.3) is 0 Å². The predicted octanol–water partition coefficient (Wildman–Crippen LogP) is 0.0898. The van der Waals surface area contributed by atoms with Crippen molar-refractivity contribution in [1.82, 2.24) is 5.32 Å². The third-order valence-electron chi connectivity index (χ3n) is 2.81. The molecule has 5 heteroatoms. The Bertz CT molecular complexity index is 303. The molecular weight excluding hydrogens is 190 g/mol. The lowest BCUT2D eigenvalue weighted by molar-refractivity contribution is -0.124. The standard InChI is InChI=1S/C8H15NO3S/c1-3-8(4-2)7(10)9-5-6-13(8,11)12/h3-6H2,1-2H3,(H,9,10). The summed E-state index contributed by atoms with van der Waals surface area (Å²) in [5.74, 6) is -0.260. The largest absolute Gasteiger partial charge is 0.354 e. The lowest BCUT2D eigenvalue weighted by Gasteiger charge is -2.33. The summed E-state index contributed by atoms with van der Waals surface area (Å²) in [7, 11) is -3.25. The Morgan fingerprint density at radius 2 is 1.92 bits per heavy atom. The van der Waals surface area contributed by atoms with E-state index in [1.54, 1.807) is 13.8 Å². The van der Waals surface area contributed by atoms with Crippen molar-refractivity contribution in [1.29, 1.82) is 0 Å². The van der Waals surface area contributed by atoms with Gasteiger partial charge in [0.15, 0.2) is 9.84 Å². The molecule has 1 amide bonds. The average molecular weight is 205 g/mol. The molecule has 0 aromatic carbocycles. The first kappa shape index (κ1) is 10.5. The molecule has 0 atom stereocenters. The maximum atomic E-state index is 11.7. The van der Waals surface area contributed by atoms with Crippen LogP contribution in [0.1, 0.15) is 26.7 Å². The van der Waals surface area contributed by atoms with Crippen molar-refractivity contribution in [3.63, 3.8) is 0 Å². The maximum absolute atomic E-state index is 11.7. The van der Waals surface area contributed by atoms with Gasteiger partial charge < -0.3 is 5.32 Å². The van der Waals surface area contributed by atoms with Crippen LogP contribution < -0.4 is 5.32 Å². The van der Waals surface area contributed by atoms with E-state index in [1.807, 2.05) is 0 Å². The molecule has 1 N–H and O–H groups in total. The van der Waals surface area contributed by atoms with Gasteiger partial charge in [0.1, 0.15) is 4.75 Å². The highest BCUT2D eigenvalue weighted by molar-refractivity contribution is 7.93. The molecule has 76 valence electrons. The van der Waals surface area contributed by atoms with Crippen molar-refractivity contribution in [3.8, 4) is 0 Å². The van der Waals surface area contributed by atoms with Crippen molar-refractivity contribution >= 4 is 15.7 Å². The first-order chi connectivity index (χ1) is 6.00. The quantitative estimate of drug-likeness (QED) is 0.695. The summed E-state index contributed by atoms with van der Waals surface area (Å²) in [6, 6.07) is 0. The molecule has 1 saturated heterocycles. The highest BCUT2D eigenvalue weighted by atomic mass is 32.2. The third kappa shape index (κ3) is 1.35. The molecule has 0 bridgehead atoms. The first-order valence-electron chi connectivity index (χ1n) is 4.51. The molecule has 0 saturated carbocycles. The topological polar surface area (TPSA) is 63.2 Å². The Hall–Kier alpha value is -0.580. The van der Waals surface area contributed by atoms with Gasteiger partial charge in [-0.2, -0.15) is 0 Å². The molecule has 1 aliphatic heterocycles. The van der Waals surface area contributed by atoms with Crippen LogP contribution in [0.5, 0.6) is 0 Å². The molecule has 13 heavy (non-hydrogen) atoms. The fourth-order valence-corrected chi connectivity index (χ4v) is 3.80. The van der Waals surface area contributed by atoms with Gasteiger partial charge in [-0.15, -0.1) is 0 Å². The molecular formula is C8H15NO3S. The second-order valence-electron chi connectivity index (χ2n) is 3.28. The van der Waals surface area contributed by atoms with Gasteiger partial charge in [-0.05, 0) is 12.8 Å². The lowest BCUT2D eigenvalue weighted by Crippen LogP contribution is -2.58. The van der Waals surface area contributed by atoms with Crippen LogP contribution in [-0.4, -0.2) is 31.4 Å². The van der Waals surface area contributed by atoms with Crippen molar-refractivity contribution in [2.24, 2.45) is 0 Å². The minimum absolute atomic E-state index is 0.0699. The van der Waals surface area contributed by atoms with Crippen LogP contribution in [0.2, 0.25) is 0 Å². The van der Waals surface area contributed by atoms with E-state index in [0.29, 0.717) is 12.8 Å². The Labute approximate surface area is 78.6 Å². The number of carbonyl (C=O) groups is 1. The number of sulfone groups is 1. The number of amides is 1. The van der Waals surface area contributed by atoms with Crippen LogP contribution >= 0.6 is 0 Å². The number of hydrogen-bond acceptors (Lipinski definition) is 3. The second kappa shape index (κ2) is 3.29. The lowest BCUT2D eigenvalue weighted by atomic mass is 10.0. The van der Waals surface area contributed by atoms with E-state index in [1.165, 1.54) is 0 Å². The van der Waals surface area contributed by atoms with E-state index in [4.69, 9.17) is 0 Å². The summed E-state index contributed by atoms with van der Waals surface area (Å²) in [5.41, 5.74) is 0. The molecule has 0 radical (unpaired) electrons. The van der Waals surface area contributed by atoms with Gasteiger partial charge in [0, 0.05) is 6.54 Å². The van der Waals surface area contributed by atoms with Crippen LogP contribution in [0, 0.1) is 0 Å². The van der Waals surface area contributed by atoms with Crippen molar-refractivity contribution in [3.05, 3.63) is 0 Å². The van der Waals surface area contributed by atoms with E-state index in [-0.39, 0.29) is 18.2 Å². The third-order valence-corrected chi connectivity index (χ3v) is 5.50. The zero-order valence-corrected chi connectivity index (χ0v) is 8.78. The zero-order valence-electron chi connectivity index (χ0n) is 7.96. The Balaban J connectivity index is 3.19. The summed E-state index contributed by atoms with van der Waals surface area (Å²) in [4.78, 5) is 11.5. The van der Waals surface area contributed by atoms with Crippen LogP contribution in [0.4, 0.5) is 0 Å². The Kier molecular flexibility index (Phi) is 2.66. The summed E-state index contributed by atoms with van der Waals surface area (Å²) >= 11 is 0. The van der Waals surface area contributed by atoms with E-state index < -0.39 is 14.6 Å². The van der Waals surface area contributed by atoms with E-state index in [2.05, 4.69) is 5.32 Å². The molecule has 0 aliphatic carbocycles. The second-order valence-corrected chi connectivity index (χ2v) is 5.70. The maximum Gasteiger partial charge on any atom is 0.241 e. The van der Waals surface area contributed by atoms with Gasteiger partial charge in [0.2, 0.25) is 5.91 Å². The summed E-state index contributed by atoms with van der Waals surface area (Å²) in [6.45, 7) is 3.74. The van der Waals surface area contributed by atoms with Gasteiger partial charge in [-0.1, -0.05) is 13.8 Å². The first-order valence-corrected chi connectivity index (χ1v) is 6.16. The van der Waals surface area contributed by atoms with Gasteiger partial charge in [-0.25, -0.2) is 8.42 Å². The SMILES string of the molecule is CCC1(CC)C(=O)NCCS1(=O)=O. The van der Waals surface area contributed by atoms with Crippen LogP contribution in [0.15, 0.2) is 0 Å². The molecule has 0 aromatic heterocycles. The fraction of sp³-hybridized carbons (Fsp3) is 0.875. The highest BCUT2D eigenvalue weighted by Gasteiger charge is 2.49. The van der Waals surface area contributed by atoms with Crippen LogP contribution in [0.3, 0.4) is 0 Å². The van der Waals surface area contributed by atoms with E-state index in [9.17, 15) is 13.2 Å². The fourth-order valence-electron chi connectivity index (χ4n) is 1.81. The Morgan fingerprint density at radius 3 is 2.23 bits per heavy atom. The number of nitrogens with one attached hydrogen (secondary N) is 1. The van der Waals surface area contributed by atoms with Gasteiger partial charge >= 0.3 is 0 Å². The van der Waals surface area contributed by atoms with Crippen molar-refractivity contribution in [2.75, 3.05) is 12.3 Å². The van der Waals surface area contributed by atoms with Gasteiger partial charge in [0.05, 0.1) is 5.75 Å². The molecule has 0 aromatic rings. The number of hydrogen-bond donors (Lipinski definition) is 1. The molecule has 1 fully saturated rings. The molecule has 1 heterocycles.